The molecule has 0 saturated carbocycles. The molecule has 0 bridgehead atoms. The third-order valence-corrected chi connectivity index (χ3v) is 4.25. The molecule has 2 N–H and O–H groups in total. The zero-order chi connectivity index (χ0) is 13.3. The normalized spacial score (nSPS) is 11.8. The summed E-state index contributed by atoms with van der Waals surface area (Å²) in [7, 11) is 0. The summed E-state index contributed by atoms with van der Waals surface area (Å²) < 4.78 is 38.6. The number of halogens is 4. The molecule has 0 atom stereocenters. The summed E-state index contributed by atoms with van der Waals surface area (Å²) in [4.78, 5) is 1.71. The maximum absolute atomic E-state index is 12.7. The fourth-order valence-corrected chi connectivity index (χ4v) is 3.03. The van der Waals surface area contributed by atoms with Crippen molar-refractivity contribution in [1.82, 2.24) is 0 Å². The van der Waals surface area contributed by atoms with Crippen LogP contribution in [0.1, 0.15) is 10.4 Å². The van der Waals surface area contributed by atoms with Crippen molar-refractivity contribution in [2.75, 3.05) is 0 Å². The molecule has 1 aromatic carbocycles. The number of benzene rings is 1. The zero-order valence-corrected chi connectivity index (χ0v) is 11.5. The molecule has 2 aromatic rings. The van der Waals surface area contributed by atoms with E-state index in [-0.39, 0.29) is 0 Å². The Kier molecular flexibility index (Phi) is 3.79. The highest BCUT2D eigenvalue weighted by molar-refractivity contribution is 9.10. The molecule has 0 fully saturated rings. The number of rotatable bonds is 2. The molecule has 96 valence electrons. The van der Waals surface area contributed by atoms with Gasteiger partial charge in [-0.3, -0.25) is 0 Å². The van der Waals surface area contributed by atoms with Crippen LogP contribution in [-0.2, 0) is 12.7 Å². The smallest absolute Gasteiger partial charge is 0.326 e. The average Bonchev–Trinajstić information content (AvgIpc) is 2.76. The molecule has 0 unspecified atom stereocenters. The molecule has 0 spiro atoms. The summed E-state index contributed by atoms with van der Waals surface area (Å²) in [5, 5.41) is 0. The minimum Gasteiger partial charge on any atom is -0.326 e. The third kappa shape index (κ3) is 2.76. The number of hydrogen-bond donors (Lipinski definition) is 1. The third-order valence-electron chi connectivity index (χ3n) is 2.42. The van der Waals surface area contributed by atoms with E-state index in [1.54, 1.807) is 6.07 Å². The molecular weight excluding hydrogens is 327 g/mol. The Morgan fingerprint density at radius 3 is 2.44 bits per heavy atom. The second-order valence-electron chi connectivity index (χ2n) is 3.66. The first-order valence-electron chi connectivity index (χ1n) is 5.07. The van der Waals surface area contributed by atoms with Crippen molar-refractivity contribution in [3.8, 4) is 10.4 Å². The quantitative estimate of drug-likeness (QED) is 0.848. The highest BCUT2D eigenvalue weighted by Gasteiger charge is 2.31. The monoisotopic (exact) mass is 335 g/mol. The van der Waals surface area contributed by atoms with Gasteiger partial charge in [-0.05, 0) is 30.3 Å². The molecule has 18 heavy (non-hydrogen) atoms. The van der Waals surface area contributed by atoms with Crippen LogP contribution in [0.4, 0.5) is 13.2 Å². The van der Waals surface area contributed by atoms with Crippen molar-refractivity contribution in [3.05, 3.63) is 45.2 Å². The van der Waals surface area contributed by atoms with Crippen molar-refractivity contribution in [1.29, 1.82) is 0 Å². The lowest BCUT2D eigenvalue weighted by Crippen LogP contribution is -2.04. The van der Waals surface area contributed by atoms with E-state index in [9.17, 15) is 13.2 Å². The molecule has 0 aliphatic rings. The van der Waals surface area contributed by atoms with Crippen LogP contribution in [0.3, 0.4) is 0 Å². The maximum atomic E-state index is 12.7. The predicted molar refractivity (Wildman–Crippen MR) is 70.3 cm³/mol. The van der Waals surface area contributed by atoms with Crippen molar-refractivity contribution >= 4 is 27.3 Å². The summed E-state index contributed by atoms with van der Waals surface area (Å²) in [6, 6.07) is 7.24. The van der Waals surface area contributed by atoms with Gasteiger partial charge in [0.15, 0.2) is 0 Å². The summed E-state index contributed by atoms with van der Waals surface area (Å²) in [6.07, 6.45) is -4.33. The van der Waals surface area contributed by atoms with E-state index in [0.717, 1.165) is 21.9 Å². The molecular formula is C12H9BrF3NS. The Bertz CT molecular complexity index is 563. The van der Waals surface area contributed by atoms with Gasteiger partial charge in [-0.2, -0.15) is 13.2 Å². The number of nitrogens with two attached hydrogens (primary N) is 1. The van der Waals surface area contributed by atoms with Gasteiger partial charge in [-0.1, -0.05) is 15.9 Å². The van der Waals surface area contributed by atoms with Crippen molar-refractivity contribution < 1.29 is 13.2 Å². The lowest BCUT2D eigenvalue weighted by atomic mass is 10.1. The summed E-state index contributed by atoms with van der Waals surface area (Å²) in [5.74, 6) is 0. The van der Waals surface area contributed by atoms with E-state index in [4.69, 9.17) is 5.73 Å². The van der Waals surface area contributed by atoms with Gasteiger partial charge >= 0.3 is 6.18 Å². The summed E-state index contributed by atoms with van der Waals surface area (Å²) >= 11 is 4.67. The van der Waals surface area contributed by atoms with Crippen molar-refractivity contribution in [3.63, 3.8) is 0 Å². The zero-order valence-electron chi connectivity index (χ0n) is 9.09. The fraction of sp³-hybridized carbons (Fsp3) is 0.167. The lowest BCUT2D eigenvalue weighted by Gasteiger charge is -2.09. The lowest BCUT2D eigenvalue weighted by molar-refractivity contribution is -0.137. The van der Waals surface area contributed by atoms with E-state index in [2.05, 4.69) is 15.9 Å². The molecule has 0 aliphatic heterocycles. The standard InChI is InChI=1S/C12H9BrF3NS/c13-10-3-1-7(12(14,15)16)5-9(10)11-4-2-8(6-17)18-11/h1-5H,6,17H2. The van der Waals surface area contributed by atoms with E-state index in [1.807, 2.05) is 6.07 Å². The SMILES string of the molecule is NCc1ccc(-c2cc(C(F)(F)F)ccc2Br)s1. The van der Waals surface area contributed by atoms with Crippen LogP contribution >= 0.6 is 27.3 Å². The molecule has 1 nitrogen and oxygen atoms in total. The Balaban J connectivity index is 2.49. The van der Waals surface area contributed by atoms with Gasteiger partial charge in [0, 0.05) is 26.3 Å². The molecule has 0 aliphatic carbocycles. The first-order chi connectivity index (χ1) is 8.41. The molecule has 1 aromatic heterocycles. The van der Waals surface area contributed by atoms with Crippen LogP contribution in [0, 0.1) is 0 Å². The average molecular weight is 336 g/mol. The largest absolute Gasteiger partial charge is 0.416 e. The van der Waals surface area contributed by atoms with Crippen LogP contribution < -0.4 is 5.73 Å². The molecule has 2 rings (SSSR count). The summed E-state index contributed by atoms with van der Waals surface area (Å²) in [5.41, 5.74) is 5.38. The van der Waals surface area contributed by atoms with Crippen molar-refractivity contribution in [2.24, 2.45) is 5.73 Å². The highest BCUT2D eigenvalue weighted by atomic mass is 79.9. The minimum absolute atomic E-state index is 0.390. The van der Waals surface area contributed by atoms with Gasteiger partial charge in [0.1, 0.15) is 0 Å². The second kappa shape index (κ2) is 5.03. The molecule has 1 heterocycles. The van der Waals surface area contributed by atoms with Gasteiger partial charge in [0.25, 0.3) is 0 Å². The Hall–Kier alpha value is -0.850. The maximum Gasteiger partial charge on any atom is 0.416 e. The van der Waals surface area contributed by atoms with Crippen LogP contribution in [0.25, 0.3) is 10.4 Å². The first-order valence-corrected chi connectivity index (χ1v) is 6.68. The first kappa shape index (κ1) is 13.6. The number of alkyl halides is 3. The van der Waals surface area contributed by atoms with Gasteiger partial charge in [0.2, 0.25) is 0 Å². The van der Waals surface area contributed by atoms with Crippen LogP contribution in [0.15, 0.2) is 34.8 Å². The van der Waals surface area contributed by atoms with E-state index >= 15 is 0 Å². The van der Waals surface area contributed by atoms with Crippen LogP contribution in [-0.4, -0.2) is 0 Å². The number of thiophene rings is 1. The van der Waals surface area contributed by atoms with E-state index in [0.29, 0.717) is 16.6 Å². The Morgan fingerprint density at radius 2 is 1.89 bits per heavy atom. The van der Waals surface area contributed by atoms with Gasteiger partial charge < -0.3 is 5.73 Å². The van der Waals surface area contributed by atoms with Gasteiger partial charge in [-0.15, -0.1) is 11.3 Å². The van der Waals surface area contributed by atoms with Gasteiger partial charge in [0.05, 0.1) is 5.56 Å². The Morgan fingerprint density at radius 1 is 1.17 bits per heavy atom. The molecule has 6 heteroatoms. The topological polar surface area (TPSA) is 26.0 Å². The van der Waals surface area contributed by atoms with Crippen LogP contribution in [0.2, 0.25) is 0 Å². The second-order valence-corrected chi connectivity index (χ2v) is 5.69. The molecule has 0 saturated heterocycles. The summed E-state index contributed by atoms with van der Waals surface area (Å²) in [6.45, 7) is 0.390. The van der Waals surface area contributed by atoms with Crippen LogP contribution in [0.5, 0.6) is 0 Å². The number of hydrogen-bond acceptors (Lipinski definition) is 2. The fourth-order valence-electron chi connectivity index (χ4n) is 1.52. The molecule has 0 amide bonds. The molecule has 0 radical (unpaired) electrons. The predicted octanol–water partition coefficient (Wildman–Crippen LogP) is 4.66. The van der Waals surface area contributed by atoms with E-state index in [1.165, 1.54) is 17.4 Å². The Labute approximate surface area is 115 Å². The minimum atomic E-state index is -4.33. The van der Waals surface area contributed by atoms with Crippen molar-refractivity contribution in [2.45, 2.75) is 12.7 Å². The van der Waals surface area contributed by atoms with E-state index < -0.39 is 11.7 Å². The van der Waals surface area contributed by atoms with Gasteiger partial charge in [-0.25, -0.2) is 0 Å². The highest BCUT2D eigenvalue weighted by Crippen LogP contribution is 2.38.